The summed E-state index contributed by atoms with van der Waals surface area (Å²) in [5, 5.41) is 8.19. The number of carbonyl (C=O) groups excluding carboxylic acids is 1. The Labute approximate surface area is 117 Å². The molecule has 0 spiro atoms. The van der Waals surface area contributed by atoms with Crippen LogP contribution in [0.3, 0.4) is 0 Å². The highest BCUT2D eigenvalue weighted by Crippen LogP contribution is 2.10. The molecule has 4 heteroatoms. The Morgan fingerprint density at radius 2 is 2.00 bits per heavy atom. The van der Waals surface area contributed by atoms with Crippen LogP contribution in [0.1, 0.15) is 22.2 Å². The Hall–Kier alpha value is -1.81. The number of benzene rings is 1. The summed E-state index contributed by atoms with van der Waals surface area (Å²) in [5.74, 6) is -0.0143. The van der Waals surface area contributed by atoms with E-state index in [0.29, 0.717) is 12.1 Å². The smallest absolute Gasteiger partial charge is 0.251 e. The van der Waals surface area contributed by atoms with Crippen molar-refractivity contribution in [3.05, 3.63) is 52.2 Å². The maximum atomic E-state index is 11.9. The average molecular weight is 274 g/mol. The molecule has 1 heterocycles. The molecule has 100 valence electrons. The van der Waals surface area contributed by atoms with Gasteiger partial charge in [0.2, 0.25) is 0 Å². The van der Waals surface area contributed by atoms with E-state index in [0.717, 1.165) is 18.7 Å². The van der Waals surface area contributed by atoms with E-state index in [1.54, 1.807) is 11.3 Å². The molecule has 0 bridgehead atoms. The number of hydrogen-bond donors (Lipinski definition) is 2. The van der Waals surface area contributed by atoms with Crippen LogP contribution in [0.2, 0.25) is 0 Å². The molecule has 0 atom stereocenters. The molecule has 1 amide bonds. The number of thiophene rings is 1. The number of rotatable bonds is 6. The van der Waals surface area contributed by atoms with Gasteiger partial charge in [0.25, 0.3) is 5.91 Å². The van der Waals surface area contributed by atoms with Crippen LogP contribution < -0.4 is 10.6 Å². The number of hydrogen-bond acceptors (Lipinski definition) is 3. The molecule has 0 aliphatic rings. The molecule has 0 aliphatic carbocycles. The Kier molecular flexibility index (Phi) is 4.98. The number of amides is 1. The summed E-state index contributed by atoms with van der Waals surface area (Å²) in [6.45, 7) is 3.60. The number of nitrogens with one attached hydrogen (secondary N) is 2. The van der Waals surface area contributed by atoms with Crippen LogP contribution in [-0.4, -0.2) is 19.0 Å². The van der Waals surface area contributed by atoms with Gasteiger partial charge in [-0.05, 0) is 49.1 Å². The zero-order valence-corrected chi connectivity index (χ0v) is 11.8. The van der Waals surface area contributed by atoms with Gasteiger partial charge >= 0.3 is 0 Å². The minimum Gasteiger partial charge on any atom is -0.385 e. The summed E-state index contributed by atoms with van der Waals surface area (Å²) in [5.41, 5.74) is 1.74. The first-order valence-corrected chi connectivity index (χ1v) is 7.32. The van der Waals surface area contributed by atoms with Gasteiger partial charge in [0, 0.05) is 29.2 Å². The maximum absolute atomic E-state index is 11.9. The first-order valence-electron chi connectivity index (χ1n) is 6.44. The summed E-state index contributed by atoms with van der Waals surface area (Å²) in [7, 11) is 0. The lowest BCUT2D eigenvalue weighted by Crippen LogP contribution is -2.25. The lowest BCUT2D eigenvalue weighted by Gasteiger charge is -2.06. The van der Waals surface area contributed by atoms with Crippen molar-refractivity contribution in [3.63, 3.8) is 0 Å². The lowest BCUT2D eigenvalue weighted by molar-refractivity contribution is 0.0954. The first-order chi connectivity index (χ1) is 9.29. The van der Waals surface area contributed by atoms with Crippen LogP contribution in [0.4, 0.5) is 5.69 Å². The second-order valence-electron chi connectivity index (χ2n) is 4.19. The van der Waals surface area contributed by atoms with Gasteiger partial charge in [-0.25, -0.2) is 0 Å². The molecule has 2 rings (SSSR count). The molecule has 0 saturated carbocycles. The topological polar surface area (TPSA) is 41.1 Å². The molecule has 2 N–H and O–H groups in total. The third kappa shape index (κ3) is 4.10. The quantitative estimate of drug-likeness (QED) is 0.849. The van der Waals surface area contributed by atoms with Gasteiger partial charge in [0.05, 0.1) is 0 Å². The fraction of sp³-hybridized carbons (Fsp3) is 0.267. The Bertz CT molecular complexity index is 505. The van der Waals surface area contributed by atoms with E-state index in [-0.39, 0.29) is 5.91 Å². The van der Waals surface area contributed by atoms with E-state index in [4.69, 9.17) is 0 Å². The highest BCUT2D eigenvalue weighted by Gasteiger charge is 2.04. The van der Waals surface area contributed by atoms with E-state index in [2.05, 4.69) is 22.1 Å². The van der Waals surface area contributed by atoms with Crippen LogP contribution in [-0.2, 0) is 6.42 Å². The molecular weight excluding hydrogens is 256 g/mol. The molecule has 0 radical (unpaired) electrons. The molecule has 0 fully saturated rings. The van der Waals surface area contributed by atoms with Crippen molar-refractivity contribution in [1.82, 2.24) is 5.32 Å². The van der Waals surface area contributed by atoms with Gasteiger partial charge < -0.3 is 10.6 Å². The summed E-state index contributed by atoms with van der Waals surface area (Å²) >= 11 is 1.72. The van der Waals surface area contributed by atoms with E-state index < -0.39 is 0 Å². The highest BCUT2D eigenvalue weighted by molar-refractivity contribution is 7.09. The fourth-order valence-corrected chi connectivity index (χ4v) is 2.51. The summed E-state index contributed by atoms with van der Waals surface area (Å²) in [6, 6.07) is 11.7. The maximum Gasteiger partial charge on any atom is 0.251 e. The van der Waals surface area contributed by atoms with Crippen molar-refractivity contribution in [3.8, 4) is 0 Å². The van der Waals surface area contributed by atoms with Gasteiger partial charge in [0.15, 0.2) is 0 Å². The highest BCUT2D eigenvalue weighted by atomic mass is 32.1. The standard InChI is InChI=1S/C15H18N2OS/c1-2-16-13-7-5-12(6-8-13)15(18)17-10-9-14-4-3-11-19-14/h3-8,11,16H,2,9-10H2,1H3,(H,17,18). The molecule has 19 heavy (non-hydrogen) atoms. The molecular formula is C15H18N2OS. The van der Waals surface area contributed by atoms with Crippen LogP contribution in [0, 0.1) is 0 Å². The second-order valence-corrected chi connectivity index (χ2v) is 5.23. The third-order valence-corrected chi connectivity index (χ3v) is 3.70. The van der Waals surface area contributed by atoms with Crippen LogP contribution in [0.15, 0.2) is 41.8 Å². The van der Waals surface area contributed by atoms with E-state index >= 15 is 0 Å². The van der Waals surface area contributed by atoms with Crippen molar-refractivity contribution in [2.75, 3.05) is 18.4 Å². The van der Waals surface area contributed by atoms with Crippen molar-refractivity contribution in [2.45, 2.75) is 13.3 Å². The summed E-state index contributed by atoms with van der Waals surface area (Å²) < 4.78 is 0. The molecule has 1 aromatic heterocycles. The van der Waals surface area contributed by atoms with Gasteiger partial charge in [0.1, 0.15) is 0 Å². The average Bonchev–Trinajstić information content (AvgIpc) is 2.93. The lowest BCUT2D eigenvalue weighted by atomic mass is 10.2. The minimum absolute atomic E-state index is 0.0143. The zero-order valence-electron chi connectivity index (χ0n) is 11.0. The van der Waals surface area contributed by atoms with E-state index in [1.165, 1.54) is 4.88 Å². The monoisotopic (exact) mass is 274 g/mol. The zero-order chi connectivity index (χ0) is 13.5. The molecule has 0 aliphatic heterocycles. The van der Waals surface area contributed by atoms with E-state index in [9.17, 15) is 4.79 Å². The number of anilines is 1. The predicted molar refractivity (Wildman–Crippen MR) is 81.0 cm³/mol. The van der Waals surface area contributed by atoms with Crippen molar-refractivity contribution in [2.24, 2.45) is 0 Å². The van der Waals surface area contributed by atoms with Gasteiger partial charge in [-0.2, -0.15) is 0 Å². The van der Waals surface area contributed by atoms with Crippen molar-refractivity contribution in [1.29, 1.82) is 0 Å². The Balaban J connectivity index is 1.82. The van der Waals surface area contributed by atoms with E-state index in [1.807, 2.05) is 37.3 Å². The van der Waals surface area contributed by atoms with Crippen molar-refractivity contribution >= 4 is 22.9 Å². The van der Waals surface area contributed by atoms with Crippen LogP contribution >= 0.6 is 11.3 Å². The number of carbonyl (C=O) groups is 1. The Morgan fingerprint density at radius 1 is 1.21 bits per heavy atom. The molecule has 0 unspecified atom stereocenters. The fourth-order valence-electron chi connectivity index (χ4n) is 1.80. The largest absolute Gasteiger partial charge is 0.385 e. The van der Waals surface area contributed by atoms with Gasteiger partial charge in [-0.1, -0.05) is 6.07 Å². The molecule has 3 nitrogen and oxygen atoms in total. The first kappa shape index (κ1) is 13.6. The minimum atomic E-state index is -0.0143. The summed E-state index contributed by atoms with van der Waals surface area (Å²) in [4.78, 5) is 13.2. The van der Waals surface area contributed by atoms with Gasteiger partial charge in [-0.15, -0.1) is 11.3 Å². The van der Waals surface area contributed by atoms with Crippen LogP contribution in [0.25, 0.3) is 0 Å². The summed E-state index contributed by atoms with van der Waals surface area (Å²) in [6.07, 6.45) is 0.888. The molecule has 2 aromatic rings. The predicted octanol–water partition coefficient (Wildman–Crippen LogP) is 3.15. The molecule has 1 aromatic carbocycles. The van der Waals surface area contributed by atoms with Crippen LogP contribution in [0.5, 0.6) is 0 Å². The van der Waals surface area contributed by atoms with Gasteiger partial charge in [-0.3, -0.25) is 4.79 Å². The van der Waals surface area contributed by atoms with Crippen molar-refractivity contribution < 1.29 is 4.79 Å². The Morgan fingerprint density at radius 3 is 2.63 bits per heavy atom. The molecule has 0 saturated heterocycles. The SMILES string of the molecule is CCNc1ccc(C(=O)NCCc2cccs2)cc1. The second kappa shape index (κ2) is 6.95. The normalized spacial score (nSPS) is 10.2. The third-order valence-electron chi connectivity index (χ3n) is 2.77.